The number of aryl methyl sites for hydroxylation is 1. The molecule has 30 heavy (non-hydrogen) atoms. The third-order valence-electron chi connectivity index (χ3n) is 5.26. The number of nitrogen functional groups attached to an aromatic ring is 1. The zero-order valence-electron chi connectivity index (χ0n) is 16.4. The summed E-state index contributed by atoms with van der Waals surface area (Å²) in [6.07, 6.45) is 0.130. The van der Waals surface area contributed by atoms with Gasteiger partial charge in [0.2, 0.25) is 5.95 Å². The van der Waals surface area contributed by atoms with E-state index in [0.29, 0.717) is 23.7 Å². The van der Waals surface area contributed by atoms with Crippen LogP contribution >= 0.6 is 0 Å². The maximum absolute atomic E-state index is 10.3. The highest BCUT2D eigenvalue weighted by Gasteiger charge is 2.44. The summed E-state index contributed by atoms with van der Waals surface area (Å²) in [6, 6.07) is 10.3. The first-order valence-corrected chi connectivity index (χ1v) is 9.98. The van der Waals surface area contributed by atoms with E-state index < -0.39 is 31.1 Å². The number of rotatable bonds is 8. The Bertz CT molecular complexity index is 982. The molecule has 0 amide bonds. The van der Waals surface area contributed by atoms with Crippen LogP contribution in [0.3, 0.4) is 0 Å². The van der Waals surface area contributed by atoms with Gasteiger partial charge in [0.25, 0.3) is 0 Å². The molecule has 0 saturated carbocycles. The number of fused-ring (bicyclic) bond motifs is 1. The van der Waals surface area contributed by atoms with Crippen LogP contribution in [0.2, 0.25) is 0 Å². The number of benzene rings is 1. The van der Waals surface area contributed by atoms with Gasteiger partial charge in [-0.1, -0.05) is 30.3 Å². The molecule has 1 fully saturated rings. The van der Waals surface area contributed by atoms with Gasteiger partial charge in [-0.25, -0.2) is 4.98 Å². The standard InChI is InChI=1S/C20H26N6O4/c21-17-14-18(26(11-23-14)19-16(29)15(28)13(10-27)30-19)25-20(24-17)22-9-5-4-8-12-6-2-1-3-7-12/h1-3,6-7,11,13,15-16,19,27-29H,4-5,8-10H2,(H3,21,22,24,25)/t13-,15?,16?,19-/m1/s1. The first-order chi connectivity index (χ1) is 14.6. The van der Waals surface area contributed by atoms with E-state index in [0.717, 1.165) is 19.3 Å². The number of nitrogens with one attached hydrogen (secondary N) is 1. The smallest absolute Gasteiger partial charge is 0.226 e. The minimum Gasteiger partial charge on any atom is -0.394 e. The van der Waals surface area contributed by atoms with Gasteiger partial charge >= 0.3 is 0 Å². The molecule has 1 aliphatic rings. The summed E-state index contributed by atoms with van der Waals surface area (Å²) in [7, 11) is 0. The molecule has 4 atom stereocenters. The molecule has 0 radical (unpaired) electrons. The van der Waals surface area contributed by atoms with Crippen molar-refractivity contribution in [2.24, 2.45) is 0 Å². The number of hydrogen-bond acceptors (Lipinski definition) is 9. The van der Waals surface area contributed by atoms with E-state index in [1.165, 1.54) is 16.5 Å². The summed E-state index contributed by atoms with van der Waals surface area (Å²) in [5.74, 6) is 0.561. The van der Waals surface area contributed by atoms with Gasteiger partial charge in [-0.2, -0.15) is 9.97 Å². The number of ether oxygens (including phenoxy) is 1. The van der Waals surface area contributed by atoms with Crippen LogP contribution in [0.25, 0.3) is 11.2 Å². The lowest BCUT2D eigenvalue weighted by Gasteiger charge is -2.16. The number of hydrogen-bond donors (Lipinski definition) is 5. The molecule has 6 N–H and O–H groups in total. The fourth-order valence-electron chi connectivity index (χ4n) is 3.61. The molecular weight excluding hydrogens is 388 g/mol. The zero-order valence-corrected chi connectivity index (χ0v) is 16.4. The minimum atomic E-state index is -1.23. The Labute approximate surface area is 173 Å². The summed E-state index contributed by atoms with van der Waals surface area (Å²) in [6.45, 7) is 0.272. The van der Waals surface area contributed by atoms with Gasteiger partial charge in [-0.05, 0) is 24.8 Å². The van der Waals surface area contributed by atoms with Gasteiger partial charge in [0, 0.05) is 6.54 Å². The van der Waals surface area contributed by atoms with Crippen molar-refractivity contribution >= 4 is 22.9 Å². The molecule has 4 rings (SSSR count). The third-order valence-corrected chi connectivity index (χ3v) is 5.26. The Morgan fingerprint density at radius 1 is 1.10 bits per heavy atom. The average Bonchev–Trinajstić information content (AvgIpc) is 3.30. The predicted octanol–water partition coefficient (Wildman–Crippen LogP) is 0.455. The van der Waals surface area contributed by atoms with Crippen molar-refractivity contribution in [3.05, 3.63) is 42.2 Å². The summed E-state index contributed by atoms with van der Waals surface area (Å²) < 4.78 is 7.07. The molecule has 0 spiro atoms. The van der Waals surface area contributed by atoms with Crippen molar-refractivity contribution in [3.63, 3.8) is 0 Å². The first kappa shape index (κ1) is 20.5. The van der Waals surface area contributed by atoms with Gasteiger partial charge in [-0.15, -0.1) is 0 Å². The SMILES string of the molecule is Nc1nc(NCCCCc2ccccc2)nc2c1ncn2[C@@H]1O[C@H](CO)C(O)C1O. The number of imidazole rings is 1. The second-order valence-electron chi connectivity index (χ2n) is 7.35. The second-order valence-corrected chi connectivity index (χ2v) is 7.35. The molecule has 1 saturated heterocycles. The molecule has 160 valence electrons. The molecule has 2 aromatic heterocycles. The van der Waals surface area contributed by atoms with Crippen LogP contribution in [0.5, 0.6) is 0 Å². The number of nitrogens with zero attached hydrogens (tertiary/aromatic N) is 4. The predicted molar refractivity (Wildman–Crippen MR) is 111 cm³/mol. The zero-order chi connectivity index (χ0) is 21.1. The molecule has 3 aromatic rings. The lowest BCUT2D eigenvalue weighted by molar-refractivity contribution is -0.0511. The Morgan fingerprint density at radius 3 is 2.63 bits per heavy atom. The number of aliphatic hydroxyl groups is 3. The van der Waals surface area contributed by atoms with E-state index in [2.05, 4.69) is 32.4 Å². The highest BCUT2D eigenvalue weighted by Crippen LogP contribution is 2.32. The van der Waals surface area contributed by atoms with Gasteiger partial charge in [-0.3, -0.25) is 4.57 Å². The van der Waals surface area contributed by atoms with E-state index in [-0.39, 0.29) is 5.82 Å². The van der Waals surface area contributed by atoms with Crippen LogP contribution in [-0.4, -0.2) is 66.3 Å². The van der Waals surface area contributed by atoms with Gasteiger partial charge < -0.3 is 31.1 Å². The highest BCUT2D eigenvalue weighted by atomic mass is 16.6. The molecule has 0 bridgehead atoms. The molecule has 1 aromatic carbocycles. The highest BCUT2D eigenvalue weighted by molar-refractivity contribution is 5.83. The normalized spacial score (nSPS) is 23.8. The Morgan fingerprint density at radius 2 is 1.90 bits per heavy atom. The summed E-state index contributed by atoms with van der Waals surface area (Å²) >= 11 is 0. The monoisotopic (exact) mass is 414 g/mol. The molecule has 1 aliphatic heterocycles. The lowest BCUT2D eigenvalue weighted by Crippen LogP contribution is -2.33. The third kappa shape index (κ3) is 4.08. The summed E-state index contributed by atoms with van der Waals surface area (Å²) in [5.41, 5.74) is 8.09. The van der Waals surface area contributed by atoms with E-state index in [1.807, 2.05) is 18.2 Å². The number of anilines is 2. The van der Waals surface area contributed by atoms with E-state index in [1.54, 1.807) is 0 Å². The number of aromatic nitrogens is 4. The largest absolute Gasteiger partial charge is 0.394 e. The molecular formula is C20H26N6O4. The Balaban J connectivity index is 1.43. The lowest BCUT2D eigenvalue weighted by atomic mass is 10.1. The number of aliphatic hydroxyl groups excluding tert-OH is 3. The van der Waals surface area contributed by atoms with Crippen molar-refractivity contribution < 1.29 is 20.1 Å². The molecule has 2 unspecified atom stereocenters. The van der Waals surface area contributed by atoms with Crippen molar-refractivity contribution in [1.82, 2.24) is 19.5 Å². The van der Waals surface area contributed by atoms with Gasteiger partial charge in [0.05, 0.1) is 12.9 Å². The van der Waals surface area contributed by atoms with Crippen molar-refractivity contribution in [2.45, 2.75) is 43.8 Å². The van der Waals surface area contributed by atoms with E-state index in [4.69, 9.17) is 10.5 Å². The van der Waals surface area contributed by atoms with Crippen molar-refractivity contribution in [3.8, 4) is 0 Å². The maximum atomic E-state index is 10.3. The van der Waals surface area contributed by atoms with Gasteiger partial charge in [0.1, 0.15) is 23.8 Å². The van der Waals surface area contributed by atoms with Crippen LogP contribution in [0.1, 0.15) is 24.6 Å². The fraction of sp³-hybridized carbons (Fsp3) is 0.450. The minimum absolute atomic E-state index is 0.206. The summed E-state index contributed by atoms with van der Waals surface area (Å²) in [4.78, 5) is 12.9. The molecule has 10 nitrogen and oxygen atoms in total. The van der Waals surface area contributed by atoms with Crippen LogP contribution < -0.4 is 11.1 Å². The topological polar surface area (TPSA) is 152 Å². The number of nitrogens with two attached hydrogens (primary N) is 1. The quantitative estimate of drug-likeness (QED) is 0.331. The first-order valence-electron chi connectivity index (χ1n) is 9.98. The van der Waals surface area contributed by atoms with Crippen LogP contribution in [0.4, 0.5) is 11.8 Å². The van der Waals surface area contributed by atoms with Crippen LogP contribution in [0.15, 0.2) is 36.7 Å². The van der Waals surface area contributed by atoms with E-state index >= 15 is 0 Å². The van der Waals surface area contributed by atoms with Crippen molar-refractivity contribution in [2.75, 3.05) is 24.2 Å². The van der Waals surface area contributed by atoms with Crippen LogP contribution in [0, 0.1) is 0 Å². The molecule has 0 aliphatic carbocycles. The summed E-state index contributed by atoms with van der Waals surface area (Å²) in [5, 5.41) is 32.8. The molecule has 3 heterocycles. The van der Waals surface area contributed by atoms with Crippen LogP contribution in [-0.2, 0) is 11.2 Å². The average molecular weight is 414 g/mol. The molecule has 10 heteroatoms. The number of unbranched alkanes of at least 4 members (excludes halogenated alkanes) is 1. The maximum Gasteiger partial charge on any atom is 0.226 e. The van der Waals surface area contributed by atoms with E-state index in [9.17, 15) is 15.3 Å². The Hall–Kier alpha value is -2.79. The van der Waals surface area contributed by atoms with Gasteiger partial charge in [0.15, 0.2) is 17.7 Å². The fourth-order valence-corrected chi connectivity index (χ4v) is 3.61. The van der Waals surface area contributed by atoms with Crippen molar-refractivity contribution in [1.29, 1.82) is 0 Å². The Kier molecular flexibility index (Phi) is 6.09. The second kappa shape index (κ2) is 8.92.